The van der Waals surface area contributed by atoms with Crippen LogP contribution in [-0.4, -0.2) is 35.5 Å². The molecule has 2 amide bonds. The molecule has 1 saturated heterocycles. The van der Waals surface area contributed by atoms with Crippen molar-refractivity contribution in [3.8, 4) is 0 Å². The van der Waals surface area contributed by atoms with Crippen molar-refractivity contribution in [2.24, 2.45) is 0 Å². The average molecular weight is 288 g/mol. The minimum atomic E-state index is -0.482. The van der Waals surface area contributed by atoms with E-state index in [-0.39, 0.29) is 18.6 Å². The van der Waals surface area contributed by atoms with Gasteiger partial charge in [-0.25, -0.2) is 4.79 Å². The maximum absolute atomic E-state index is 12.2. The second-order valence-electron chi connectivity index (χ2n) is 4.97. The molecular formula is C16H20N2O3. The molecule has 5 heteroatoms. The quantitative estimate of drug-likeness (QED) is 0.863. The highest BCUT2D eigenvalue weighted by Gasteiger charge is 2.36. The second-order valence-corrected chi connectivity index (χ2v) is 4.97. The van der Waals surface area contributed by atoms with Gasteiger partial charge in [0.25, 0.3) is 0 Å². The van der Waals surface area contributed by atoms with Crippen LogP contribution in [0.25, 0.3) is 0 Å². The van der Waals surface area contributed by atoms with Crippen LogP contribution in [0.15, 0.2) is 43.0 Å². The van der Waals surface area contributed by atoms with Gasteiger partial charge in [0.2, 0.25) is 5.91 Å². The summed E-state index contributed by atoms with van der Waals surface area (Å²) in [6, 6.07) is 8.75. The molecule has 0 saturated carbocycles. The SMILES string of the molecule is C=CC1CN(C(=O)OCc2ccccc2)C(CC)C(=O)N1. The monoisotopic (exact) mass is 288 g/mol. The Hall–Kier alpha value is -2.30. The number of benzene rings is 1. The topological polar surface area (TPSA) is 58.6 Å². The molecule has 0 aliphatic carbocycles. The minimum absolute atomic E-state index is 0.162. The molecule has 2 unspecified atom stereocenters. The van der Waals surface area contributed by atoms with Crippen LogP contribution in [0, 0.1) is 0 Å². The van der Waals surface area contributed by atoms with E-state index in [1.165, 1.54) is 4.90 Å². The van der Waals surface area contributed by atoms with E-state index < -0.39 is 12.1 Å². The molecule has 1 aromatic rings. The van der Waals surface area contributed by atoms with Crippen molar-refractivity contribution >= 4 is 12.0 Å². The summed E-state index contributed by atoms with van der Waals surface area (Å²) in [5.41, 5.74) is 0.917. The molecule has 1 N–H and O–H groups in total. The van der Waals surface area contributed by atoms with Crippen molar-refractivity contribution in [2.75, 3.05) is 6.54 Å². The summed E-state index contributed by atoms with van der Waals surface area (Å²) in [6.45, 7) is 6.13. The molecule has 1 aliphatic rings. The van der Waals surface area contributed by atoms with Gasteiger partial charge in [0.05, 0.1) is 6.04 Å². The molecule has 112 valence electrons. The number of amides is 2. The summed E-state index contributed by atoms with van der Waals surface area (Å²) in [4.78, 5) is 25.7. The highest BCUT2D eigenvalue weighted by molar-refractivity contribution is 5.87. The largest absolute Gasteiger partial charge is 0.445 e. The number of hydrogen-bond donors (Lipinski definition) is 1. The number of carbonyl (C=O) groups excluding carboxylic acids is 2. The third-order valence-electron chi connectivity index (χ3n) is 3.51. The maximum Gasteiger partial charge on any atom is 0.410 e. The van der Waals surface area contributed by atoms with E-state index in [0.717, 1.165) is 5.56 Å². The van der Waals surface area contributed by atoms with E-state index in [9.17, 15) is 9.59 Å². The summed E-state index contributed by atoms with van der Waals surface area (Å²) >= 11 is 0. The maximum atomic E-state index is 12.2. The van der Waals surface area contributed by atoms with Gasteiger partial charge in [-0.15, -0.1) is 6.58 Å². The molecule has 0 radical (unpaired) electrons. The average Bonchev–Trinajstić information content (AvgIpc) is 2.52. The van der Waals surface area contributed by atoms with Crippen molar-refractivity contribution in [1.82, 2.24) is 10.2 Å². The predicted octanol–water partition coefficient (Wildman–Crippen LogP) is 2.09. The van der Waals surface area contributed by atoms with Gasteiger partial charge in [0, 0.05) is 6.54 Å². The zero-order valence-corrected chi connectivity index (χ0v) is 12.1. The lowest BCUT2D eigenvalue weighted by molar-refractivity contribution is -0.129. The summed E-state index contributed by atoms with van der Waals surface area (Å²) in [5, 5.41) is 2.82. The fourth-order valence-electron chi connectivity index (χ4n) is 2.35. The molecule has 2 atom stereocenters. The van der Waals surface area contributed by atoms with Crippen molar-refractivity contribution in [1.29, 1.82) is 0 Å². The number of carbonyl (C=O) groups is 2. The van der Waals surface area contributed by atoms with E-state index in [0.29, 0.717) is 13.0 Å². The fraction of sp³-hybridized carbons (Fsp3) is 0.375. The standard InChI is InChI=1S/C16H20N2O3/c1-3-13-10-18(14(4-2)15(19)17-13)16(20)21-11-12-8-6-5-7-9-12/h3,5-9,13-14H,1,4,10-11H2,2H3,(H,17,19). The number of rotatable bonds is 4. The zero-order chi connectivity index (χ0) is 15.2. The Bertz CT molecular complexity index is 516. The third-order valence-corrected chi connectivity index (χ3v) is 3.51. The Kier molecular flexibility index (Phi) is 4.98. The Morgan fingerprint density at radius 3 is 2.81 bits per heavy atom. The molecule has 0 aromatic heterocycles. The number of piperazine rings is 1. The molecule has 0 bridgehead atoms. The fourth-order valence-corrected chi connectivity index (χ4v) is 2.35. The molecule has 0 spiro atoms. The van der Waals surface area contributed by atoms with E-state index >= 15 is 0 Å². The van der Waals surface area contributed by atoms with Crippen LogP contribution in [-0.2, 0) is 16.1 Å². The van der Waals surface area contributed by atoms with E-state index in [2.05, 4.69) is 11.9 Å². The van der Waals surface area contributed by atoms with Crippen LogP contribution in [0.2, 0.25) is 0 Å². The van der Waals surface area contributed by atoms with Crippen LogP contribution in [0.3, 0.4) is 0 Å². The van der Waals surface area contributed by atoms with Gasteiger partial charge in [0.1, 0.15) is 12.6 Å². The van der Waals surface area contributed by atoms with E-state index in [4.69, 9.17) is 4.74 Å². The third kappa shape index (κ3) is 3.62. The Balaban J connectivity index is 2.01. The van der Waals surface area contributed by atoms with Crippen LogP contribution in [0.5, 0.6) is 0 Å². The van der Waals surface area contributed by atoms with Gasteiger partial charge in [-0.05, 0) is 12.0 Å². The van der Waals surface area contributed by atoms with Crippen LogP contribution < -0.4 is 5.32 Å². The lowest BCUT2D eigenvalue weighted by atomic mass is 10.1. The number of nitrogens with zero attached hydrogens (tertiary/aromatic N) is 1. The summed E-state index contributed by atoms with van der Waals surface area (Å²) in [6.07, 6.45) is 1.71. The Morgan fingerprint density at radius 2 is 2.19 bits per heavy atom. The number of ether oxygens (including phenoxy) is 1. The summed E-state index contributed by atoms with van der Waals surface area (Å²) < 4.78 is 5.31. The molecule has 21 heavy (non-hydrogen) atoms. The van der Waals surface area contributed by atoms with Crippen LogP contribution in [0.1, 0.15) is 18.9 Å². The van der Waals surface area contributed by atoms with Crippen molar-refractivity contribution < 1.29 is 14.3 Å². The highest BCUT2D eigenvalue weighted by atomic mass is 16.6. The van der Waals surface area contributed by atoms with Crippen LogP contribution in [0.4, 0.5) is 4.79 Å². The molecule has 2 rings (SSSR count). The van der Waals surface area contributed by atoms with Crippen molar-refractivity contribution in [2.45, 2.75) is 32.0 Å². The minimum Gasteiger partial charge on any atom is -0.445 e. The van der Waals surface area contributed by atoms with Crippen LogP contribution >= 0.6 is 0 Å². The van der Waals surface area contributed by atoms with Gasteiger partial charge in [-0.3, -0.25) is 9.69 Å². The van der Waals surface area contributed by atoms with Gasteiger partial charge in [-0.2, -0.15) is 0 Å². The van der Waals surface area contributed by atoms with Gasteiger partial charge < -0.3 is 10.1 Å². The van der Waals surface area contributed by atoms with Crippen molar-refractivity contribution in [3.05, 3.63) is 48.6 Å². The first-order chi connectivity index (χ1) is 10.2. The molecule has 1 heterocycles. The van der Waals surface area contributed by atoms with Gasteiger partial charge in [-0.1, -0.05) is 43.3 Å². The number of hydrogen-bond acceptors (Lipinski definition) is 3. The number of nitrogens with one attached hydrogen (secondary N) is 1. The second kappa shape index (κ2) is 6.92. The van der Waals surface area contributed by atoms with Gasteiger partial charge >= 0.3 is 6.09 Å². The van der Waals surface area contributed by atoms with E-state index in [1.807, 2.05) is 37.3 Å². The molecule has 5 nitrogen and oxygen atoms in total. The Labute approximate surface area is 124 Å². The zero-order valence-electron chi connectivity index (χ0n) is 12.1. The molecule has 1 aliphatic heterocycles. The molecule has 1 aromatic carbocycles. The Morgan fingerprint density at radius 1 is 1.48 bits per heavy atom. The van der Waals surface area contributed by atoms with Gasteiger partial charge in [0.15, 0.2) is 0 Å². The lowest BCUT2D eigenvalue weighted by Crippen LogP contribution is -2.60. The molecular weight excluding hydrogens is 268 g/mol. The van der Waals surface area contributed by atoms with E-state index in [1.54, 1.807) is 6.08 Å². The normalized spacial score (nSPS) is 21.6. The smallest absolute Gasteiger partial charge is 0.410 e. The highest BCUT2D eigenvalue weighted by Crippen LogP contribution is 2.14. The first-order valence-corrected chi connectivity index (χ1v) is 7.06. The molecule has 1 fully saturated rings. The summed E-state index contributed by atoms with van der Waals surface area (Å²) in [7, 11) is 0. The summed E-state index contributed by atoms with van der Waals surface area (Å²) in [5.74, 6) is -0.162. The first-order valence-electron chi connectivity index (χ1n) is 7.06. The first kappa shape index (κ1) is 15.1. The predicted molar refractivity (Wildman–Crippen MR) is 79.5 cm³/mol. The van der Waals surface area contributed by atoms with Crippen molar-refractivity contribution in [3.63, 3.8) is 0 Å². The lowest BCUT2D eigenvalue weighted by Gasteiger charge is -2.37.